The Morgan fingerprint density at radius 2 is 2.36 bits per heavy atom. The molecule has 0 fully saturated rings. The van der Waals surface area contributed by atoms with Gasteiger partial charge in [0.15, 0.2) is 0 Å². The monoisotopic (exact) mass is 195 g/mol. The van der Waals surface area contributed by atoms with Gasteiger partial charge in [0.25, 0.3) is 0 Å². The molecule has 1 aromatic carbocycles. The Kier molecular flexibility index (Phi) is 2.57. The Hall–Kier alpha value is -1.25. The zero-order chi connectivity index (χ0) is 9.97. The highest BCUT2D eigenvalue weighted by Gasteiger charge is 2.09. The summed E-state index contributed by atoms with van der Waals surface area (Å²) in [6.45, 7) is 2.37. The second kappa shape index (κ2) is 3.86. The van der Waals surface area contributed by atoms with Crippen LogP contribution in [0.15, 0.2) is 18.2 Å². The third-order valence-corrected chi connectivity index (χ3v) is 2.32. The first kappa shape index (κ1) is 9.31. The number of aryl methyl sites for hydroxylation is 1. The van der Waals surface area contributed by atoms with Crippen molar-refractivity contribution in [3.63, 3.8) is 0 Å². The van der Waals surface area contributed by atoms with Gasteiger partial charge < -0.3 is 10.1 Å². The Morgan fingerprint density at radius 1 is 1.50 bits per heavy atom. The number of fused-ring (bicyclic) bond motifs is 1. The van der Waals surface area contributed by atoms with Crippen LogP contribution in [0.5, 0.6) is 5.75 Å². The molecule has 0 amide bonds. The van der Waals surface area contributed by atoms with Gasteiger partial charge in [-0.25, -0.2) is 4.39 Å². The summed E-state index contributed by atoms with van der Waals surface area (Å²) in [4.78, 5) is 0. The summed E-state index contributed by atoms with van der Waals surface area (Å²) in [5.74, 6) is 0.591. The van der Waals surface area contributed by atoms with E-state index in [1.54, 1.807) is 0 Å². The molecule has 1 aliphatic heterocycles. The SMILES string of the molecule is CC(F)Oc1ccc2c(c1)NCCC2. The number of benzene rings is 1. The van der Waals surface area contributed by atoms with Crippen LogP contribution in [0.25, 0.3) is 0 Å². The van der Waals surface area contributed by atoms with Gasteiger partial charge in [-0.1, -0.05) is 6.07 Å². The second-order valence-electron chi connectivity index (χ2n) is 3.51. The van der Waals surface area contributed by atoms with Gasteiger partial charge >= 0.3 is 0 Å². The van der Waals surface area contributed by atoms with E-state index in [1.807, 2.05) is 18.2 Å². The van der Waals surface area contributed by atoms with Crippen molar-refractivity contribution in [2.75, 3.05) is 11.9 Å². The summed E-state index contributed by atoms with van der Waals surface area (Å²) in [7, 11) is 0. The second-order valence-corrected chi connectivity index (χ2v) is 3.51. The first-order valence-electron chi connectivity index (χ1n) is 4.93. The van der Waals surface area contributed by atoms with Crippen LogP contribution in [0.1, 0.15) is 18.9 Å². The van der Waals surface area contributed by atoms with Crippen molar-refractivity contribution in [3.8, 4) is 5.75 Å². The highest BCUT2D eigenvalue weighted by atomic mass is 19.1. The van der Waals surface area contributed by atoms with E-state index in [-0.39, 0.29) is 0 Å². The van der Waals surface area contributed by atoms with Crippen molar-refractivity contribution >= 4 is 5.69 Å². The minimum Gasteiger partial charge on any atom is -0.461 e. The third-order valence-electron chi connectivity index (χ3n) is 2.32. The number of hydrogen-bond donors (Lipinski definition) is 1. The highest BCUT2D eigenvalue weighted by Crippen LogP contribution is 2.27. The van der Waals surface area contributed by atoms with Crippen LogP contribution in [0.4, 0.5) is 10.1 Å². The maximum absolute atomic E-state index is 12.6. The highest BCUT2D eigenvalue weighted by molar-refractivity contribution is 5.56. The Morgan fingerprint density at radius 3 is 3.14 bits per heavy atom. The molecule has 1 aliphatic rings. The molecular weight excluding hydrogens is 181 g/mol. The Bertz CT molecular complexity index is 325. The summed E-state index contributed by atoms with van der Waals surface area (Å²) in [6, 6.07) is 5.69. The molecule has 1 N–H and O–H groups in total. The van der Waals surface area contributed by atoms with Gasteiger partial charge in [0.05, 0.1) is 0 Å². The molecule has 0 saturated carbocycles. The fourth-order valence-electron chi connectivity index (χ4n) is 1.70. The fraction of sp³-hybridized carbons (Fsp3) is 0.455. The maximum atomic E-state index is 12.6. The topological polar surface area (TPSA) is 21.3 Å². The molecule has 1 atom stereocenters. The van der Waals surface area contributed by atoms with E-state index in [9.17, 15) is 4.39 Å². The molecule has 76 valence electrons. The number of nitrogens with one attached hydrogen (secondary N) is 1. The maximum Gasteiger partial charge on any atom is 0.235 e. The standard InChI is InChI=1S/C11H14FNO/c1-8(12)14-10-5-4-9-3-2-6-13-11(9)7-10/h4-5,7-8,13H,2-3,6H2,1H3. The molecule has 1 unspecified atom stereocenters. The van der Waals surface area contributed by atoms with Crippen LogP contribution in [0.3, 0.4) is 0 Å². The fourth-order valence-corrected chi connectivity index (χ4v) is 1.70. The van der Waals surface area contributed by atoms with Gasteiger partial charge in [0.1, 0.15) is 5.75 Å². The summed E-state index contributed by atoms with van der Waals surface area (Å²) in [6.07, 6.45) is 0.997. The van der Waals surface area contributed by atoms with Crippen LogP contribution < -0.4 is 10.1 Å². The van der Waals surface area contributed by atoms with Crippen molar-refractivity contribution in [1.29, 1.82) is 0 Å². The minimum atomic E-state index is -1.25. The van der Waals surface area contributed by atoms with Crippen molar-refractivity contribution in [2.45, 2.75) is 26.1 Å². The van der Waals surface area contributed by atoms with E-state index in [4.69, 9.17) is 4.74 Å². The van der Waals surface area contributed by atoms with Crippen LogP contribution in [0, 0.1) is 0 Å². The van der Waals surface area contributed by atoms with Gasteiger partial charge in [-0.05, 0) is 24.5 Å². The summed E-state index contributed by atoms with van der Waals surface area (Å²) >= 11 is 0. The Labute approximate surface area is 83.1 Å². The molecular formula is C11H14FNO. The van der Waals surface area contributed by atoms with E-state index < -0.39 is 6.36 Å². The Balaban J connectivity index is 2.20. The molecule has 0 bridgehead atoms. The van der Waals surface area contributed by atoms with E-state index in [0.717, 1.165) is 25.1 Å². The molecule has 1 heterocycles. The lowest BCUT2D eigenvalue weighted by molar-refractivity contribution is 0.0861. The molecule has 1 aromatic rings. The van der Waals surface area contributed by atoms with E-state index in [0.29, 0.717) is 5.75 Å². The summed E-state index contributed by atoms with van der Waals surface area (Å²) < 4.78 is 17.6. The quantitative estimate of drug-likeness (QED) is 0.783. The molecule has 2 nitrogen and oxygen atoms in total. The number of rotatable bonds is 2. The zero-order valence-corrected chi connectivity index (χ0v) is 8.22. The van der Waals surface area contributed by atoms with Gasteiger partial charge in [-0.3, -0.25) is 0 Å². The van der Waals surface area contributed by atoms with Crippen LogP contribution in [-0.2, 0) is 6.42 Å². The predicted octanol–water partition coefficient (Wildman–Crippen LogP) is 2.74. The van der Waals surface area contributed by atoms with E-state index in [2.05, 4.69) is 5.32 Å². The molecule has 0 spiro atoms. The van der Waals surface area contributed by atoms with Gasteiger partial charge in [0, 0.05) is 25.2 Å². The lowest BCUT2D eigenvalue weighted by Gasteiger charge is -2.18. The first-order chi connectivity index (χ1) is 6.75. The van der Waals surface area contributed by atoms with Crippen molar-refractivity contribution in [2.24, 2.45) is 0 Å². The molecule has 0 saturated heterocycles. The van der Waals surface area contributed by atoms with Gasteiger partial charge in [0.2, 0.25) is 6.36 Å². The van der Waals surface area contributed by atoms with Gasteiger partial charge in [-0.15, -0.1) is 0 Å². The van der Waals surface area contributed by atoms with Crippen LogP contribution >= 0.6 is 0 Å². The lowest BCUT2D eigenvalue weighted by atomic mass is 10.0. The molecule has 0 aliphatic carbocycles. The number of anilines is 1. The van der Waals surface area contributed by atoms with E-state index in [1.165, 1.54) is 12.5 Å². The molecule has 14 heavy (non-hydrogen) atoms. The third kappa shape index (κ3) is 1.97. The summed E-state index contributed by atoms with van der Waals surface area (Å²) in [5, 5.41) is 3.27. The molecule has 3 heteroatoms. The van der Waals surface area contributed by atoms with Crippen molar-refractivity contribution in [3.05, 3.63) is 23.8 Å². The average Bonchev–Trinajstić information content (AvgIpc) is 2.17. The zero-order valence-electron chi connectivity index (χ0n) is 8.22. The summed E-state index contributed by atoms with van der Waals surface area (Å²) in [5.41, 5.74) is 2.37. The normalized spacial score (nSPS) is 16.7. The molecule has 0 radical (unpaired) electrons. The smallest absolute Gasteiger partial charge is 0.235 e. The van der Waals surface area contributed by atoms with Gasteiger partial charge in [-0.2, -0.15) is 0 Å². The van der Waals surface area contributed by atoms with E-state index >= 15 is 0 Å². The van der Waals surface area contributed by atoms with Crippen LogP contribution in [0.2, 0.25) is 0 Å². The van der Waals surface area contributed by atoms with Crippen LogP contribution in [-0.4, -0.2) is 12.9 Å². The predicted molar refractivity (Wildman–Crippen MR) is 54.5 cm³/mol. The number of hydrogen-bond acceptors (Lipinski definition) is 2. The number of alkyl halides is 1. The minimum absolute atomic E-state index is 0.591. The van der Waals surface area contributed by atoms with Crippen molar-refractivity contribution < 1.29 is 9.13 Å². The van der Waals surface area contributed by atoms with Crippen molar-refractivity contribution in [1.82, 2.24) is 0 Å². The first-order valence-corrected chi connectivity index (χ1v) is 4.93. The average molecular weight is 195 g/mol. The molecule has 0 aromatic heterocycles. The largest absolute Gasteiger partial charge is 0.461 e. The molecule has 2 rings (SSSR count). The number of halogens is 1. The lowest BCUT2D eigenvalue weighted by Crippen LogP contribution is -2.12. The number of ether oxygens (including phenoxy) is 1.